The molecule has 6 heterocycles. The fourth-order valence-electron chi connectivity index (χ4n) is 5.05. The molecule has 0 saturated carbocycles. The van der Waals surface area contributed by atoms with Crippen LogP contribution in [0.2, 0.25) is 0 Å². The lowest BCUT2D eigenvalue weighted by atomic mass is 10.1. The Morgan fingerprint density at radius 1 is 0.761 bits per heavy atom. The van der Waals surface area contributed by atoms with Crippen molar-refractivity contribution in [3.8, 4) is 0 Å². The Hall–Kier alpha value is -5.64. The van der Waals surface area contributed by atoms with Gasteiger partial charge in [-0.1, -0.05) is 36.4 Å². The summed E-state index contributed by atoms with van der Waals surface area (Å²) in [5.41, 5.74) is 5.63. The van der Waals surface area contributed by atoms with Gasteiger partial charge in [0.2, 0.25) is 13.2 Å². The molecular formula is C34H27N4O7P. The smallest absolute Gasteiger partial charge is 0.344 e. The van der Waals surface area contributed by atoms with E-state index in [1.165, 1.54) is 13.8 Å². The normalized spacial score (nSPS) is 16.7. The summed E-state index contributed by atoms with van der Waals surface area (Å²) in [4.78, 5) is 42.0. The molecule has 0 fully saturated rings. The predicted octanol–water partition coefficient (Wildman–Crippen LogP) is 6.56. The molecule has 2 unspecified atom stereocenters. The second kappa shape index (κ2) is 12.8. The number of nitrogens with zero attached hydrogens (tertiary/aromatic N) is 4. The first kappa shape index (κ1) is 30.4. The Kier molecular flexibility index (Phi) is 8.43. The van der Waals surface area contributed by atoms with Crippen LogP contribution in [0.4, 0.5) is 0 Å². The van der Waals surface area contributed by atoms with E-state index in [1.807, 2.05) is 76.1 Å². The number of fused-ring (bicyclic) bond motifs is 4. The fourth-order valence-corrected chi connectivity index (χ4v) is 6.26. The van der Waals surface area contributed by atoms with Gasteiger partial charge in [-0.05, 0) is 42.5 Å². The first-order valence-corrected chi connectivity index (χ1v) is 16.2. The van der Waals surface area contributed by atoms with Crippen LogP contribution in [0.3, 0.4) is 0 Å². The summed E-state index contributed by atoms with van der Waals surface area (Å²) < 4.78 is 31.0. The molecule has 0 radical (unpaired) electrons. The van der Waals surface area contributed by atoms with Gasteiger partial charge in [0, 0.05) is 67.6 Å². The number of carbonyl (C=O) groups is 3. The number of aldehydes is 1. The second-order valence-corrected chi connectivity index (χ2v) is 12.9. The molecule has 230 valence electrons. The highest BCUT2D eigenvalue weighted by molar-refractivity contribution is 7.58. The van der Waals surface area contributed by atoms with Crippen LogP contribution in [-0.2, 0) is 18.6 Å². The van der Waals surface area contributed by atoms with E-state index in [1.54, 1.807) is 48.8 Å². The van der Waals surface area contributed by atoms with E-state index in [0.29, 0.717) is 33.7 Å². The first-order chi connectivity index (χ1) is 22.3. The quantitative estimate of drug-likeness (QED) is 0.120. The molecule has 6 aromatic rings. The van der Waals surface area contributed by atoms with Gasteiger partial charge in [0.05, 0.1) is 16.7 Å². The summed E-state index contributed by atoms with van der Waals surface area (Å²) in [7, 11) is -1.58. The van der Waals surface area contributed by atoms with Gasteiger partial charge in [-0.25, -0.2) is 19.6 Å². The highest BCUT2D eigenvalue weighted by Gasteiger charge is 2.41. The molecule has 0 saturated heterocycles. The maximum Gasteiger partial charge on any atom is 0.344 e. The zero-order valence-electron chi connectivity index (χ0n) is 24.7. The van der Waals surface area contributed by atoms with Gasteiger partial charge in [-0.2, -0.15) is 0 Å². The van der Waals surface area contributed by atoms with Crippen molar-refractivity contribution < 1.29 is 32.9 Å². The third kappa shape index (κ3) is 5.89. The van der Waals surface area contributed by atoms with Gasteiger partial charge in [0.15, 0.2) is 6.29 Å². The number of cyclic esters (lactones) is 2. The van der Waals surface area contributed by atoms with E-state index in [2.05, 4.69) is 9.97 Å². The predicted molar refractivity (Wildman–Crippen MR) is 171 cm³/mol. The van der Waals surface area contributed by atoms with Crippen LogP contribution in [0.5, 0.6) is 0 Å². The van der Waals surface area contributed by atoms with Crippen LogP contribution in [0, 0.1) is 0 Å². The van der Waals surface area contributed by atoms with E-state index in [0.717, 1.165) is 23.1 Å². The molecule has 2 atom stereocenters. The molecule has 46 heavy (non-hydrogen) atoms. The summed E-state index contributed by atoms with van der Waals surface area (Å²) in [5.74, 6) is -0.926. The summed E-state index contributed by atoms with van der Waals surface area (Å²) >= 11 is 0. The van der Waals surface area contributed by atoms with Crippen molar-refractivity contribution in [1.29, 1.82) is 0 Å². The molecule has 8 rings (SSSR count). The Morgan fingerprint density at radius 2 is 1.35 bits per heavy atom. The number of benzene rings is 2. The van der Waals surface area contributed by atoms with E-state index in [9.17, 15) is 18.9 Å². The molecule has 4 aromatic heterocycles. The van der Waals surface area contributed by atoms with E-state index in [4.69, 9.17) is 14.0 Å². The van der Waals surface area contributed by atoms with Crippen LogP contribution >= 0.6 is 7.37 Å². The van der Waals surface area contributed by atoms with Gasteiger partial charge >= 0.3 is 11.9 Å². The van der Waals surface area contributed by atoms with Crippen molar-refractivity contribution in [1.82, 2.24) is 18.8 Å². The molecule has 2 aliphatic heterocycles. The molecule has 12 heteroatoms. The van der Waals surface area contributed by atoms with Crippen LogP contribution in [0.25, 0.3) is 23.1 Å². The number of hydrogen-bond acceptors (Lipinski definition) is 9. The van der Waals surface area contributed by atoms with E-state index in [-0.39, 0.29) is 5.97 Å². The van der Waals surface area contributed by atoms with Crippen LogP contribution in [-0.4, -0.2) is 50.8 Å². The topological polar surface area (TPSA) is 131 Å². The number of aromatic nitrogens is 4. The number of hydrogen-bond donors (Lipinski definition) is 0. The van der Waals surface area contributed by atoms with E-state index >= 15 is 0 Å². The van der Waals surface area contributed by atoms with Crippen molar-refractivity contribution in [3.63, 3.8) is 0 Å². The van der Waals surface area contributed by atoms with Crippen LogP contribution < -0.4 is 0 Å². The van der Waals surface area contributed by atoms with Gasteiger partial charge in [-0.3, -0.25) is 9.36 Å². The average molecular weight is 635 g/mol. The third-order valence-corrected chi connectivity index (χ3v) is 9.34. The van der Waals surface area contributed by atoms with Gasteiger partial charge < -0.3 is 22.8 Å². The van der Waals surface area contributed by atoms with Crippen molar-refractivity contribution in [2.75, 3.05) is 13.8 Å². The van der Waals surface area contributed by atoms with Gasteiger partial charge in [-0.15, -0.1) is 0 Å². The number of rotatable bonds is 4. The Morgan fingerprint density at radius 3 is 2.00 bits per heavy atom. The van der Waals surface area contributed by atoms with Crippen molar-refractivity contribution in [2.24, 2.45) is 0 Å². The largest absolute Gasteiger partial charge is 0.443 e. The molecule has 0 aliphatic carbocycles. The maximum atomic E-state index is 12.0. The highest BCUT2D eigenvalue weighted by Crippen LogP contribution is 2.59. The maximum absolute atomic E-state index is 12.0. The lowest BCUT2D eigenvalue weighted by Crippen LogP contribution is -2.00. The number of ether oxygens (including phenoxy) is 2. The van der Waals surface area contributed by atoms with Gasteiger partial charge in [0.1, 0.15) is 17.1 Å². The molecule has 0 amide bonds. The number of imidazole rings is 2. The first-order valence-electron chi connectivity index (χ1n) is 14.1. The third-order valence-electron chi connectivity index (χ3n) is 7.38. The average Bonchev–Trinajstić information content (AvgIpc) is 3.89. The molecule has 0 bridgehead atoms. The summed E-state index contributed by atoms with van der Waals surface area (Å²) in [6.45, 7) is 1.47. The summed E-state index contributed by atoms with van der Waals surface area (Å²) in [5, 5.41) is 0. The van der Waals surface area contributed by atoms with Crippen molar-refractivity contribution in [2.45, 2.75) is 5.85 Å². The molecule has 0 N–H and O–H groups in total. The SMILES string of the molecule is COP(C)(=O)C1OC(=O)c2ccccc21.O=C1O/C(=C\c2cccn3ccnc23)c2ccccc21.O=Cc1cccn2ccnc12. The lowest BCUT2D eigenvalue weighted by Gasteiger charge is -2.17. The zero-order chi connectivity index (χ0) is 32.3. The van der Waals surface area contributed by atoms with Crippen molar-refractivity contribution >= 4 is 48.7 Å². The Bertz CT molecular complexity index is 2180. The minimum absolute atomic E-state index is 0.304. The lowest BCUT2D eigenvalue weighted by molar-refractivity contribution is 0.0489. The molecule has 2 aromatic carbocycles. The Balaban J connectivity index is 0.000000127. The Labute approximate surface area is 263 Å². The number of carbonyl (C=O) groups excluding carboxylic acids is 3. The monoisotopic (exact) mass is 634 g/mol. The molecule has 0 spiro atoms. The van der Waals surface area contributed by atoms with Gasteiger partial charge in [0.25, 0.3) is 0 Å². The fraction of sp³-hybridized carbons (Fsp3) is 0.0882. The van der Waals surface area contributed by atoms with Crippen LogP contribution in [0.15, 0.2) is 110 Å². The van der Waals surface area contributed by atoms with Crippen molar-refractivity contribution in [3.05, 3.63) is 143 Å². The zero-order valence-corrected chi connectivity index (χ0v) is 25.6. The minimum Gasteiger partial charge on any atom is -0.443 e. The standard InChI is InChI=1S/C16H10N2O2.C10H11O4P.C8H6N2O/c19-16-13-6-2-1-5-12(13)14(20-16)10-11-4-3-8-18-9-7-17-15(11)18;1-13-15(2,12)10-8-6-4-3-5-7(8)9(11)14-10;11-6-7-2-1-4-10-5-3-9-8(7)10/h1-10H;3-6,10H,1-2H3;1-6H/b14-10-;;. The molecular weight excluding hydrogens is 607 g/mol. The number of pyridine rings is 2. The minimum atomic E-state index is -2.93. The number of esters is 2. The van der Waals surface area contributed by atoms with Crippen LogP contribution in [0.1, 0.15) is 53.6 Å². The summed E-state index contributed by atoms with van der Waals surface area (Å²) in [6, 6.07) is 21.8. The molecule has 11 nitrogen and oxygen atoms in total. The summed E-state index contributed by atoms with van der Waals surface area (Å²) in [6.07, 6.45) is 13.5. The second-order valence-electron chi connectivity index (χ2n) is 10.2. The highest BCUT2D eigenvalue weighted by atomic mass is 31.2. The van der Waals surface area contributed by atoms with E-state index < -0.39 is 19.2 Å². The molecule has 2 aliphatic rings.